The molecule has 0 bridgehead atoms. The van der Waals surface area contributed by atoms with E-state index in [0.29, 0.717) is 6.54 Å². The Morgan fingerprint density at radius 1 is 1.33 bits per heavy atom. The van der Waals surface area contributed by atoms with E-state index >= 15 is 0 Å². The highest BCUT2D eigenvalue weighted by Gasteiger charge is 1.99. The molecule has 1 unspecified atom stereocenters. The number of para-hydroxylation sites is 1. The number of alkyl halides is 1. The summed E-state index contributed by atoms with van der Waals surface area (Å²) >= 11 is 0. The van der Waals surface area contributed by atoms with Gasteiger partial charge in [-0.25, -0.2) is 0 Å². The van der Waals surface area contributed by atoms with Crippen LogP contribution in [0.25, 0.3) is 0 Å². The molecule has 1 nitrogen and oxygen atoms in total. The smallest absolute Gasteiger partial charge is 0.0936 e. The Balaban J connectivity index is 2.33. The van der Waals surface area contributed by atoms with E-state index in [2.05, 4.69) is 5.32 Å². The van der Waals surface area contributed by atoms with E-state index in [1.165, 1.54) is 0 Å². The van der Waals surface area contributed by atoms with Gasteiger partial charge in [0.2, 0.25) is 0 Å². The highest BCUT2D eigenvalue weighted by atomic mass is 19.1. The van der Waals surface area contributed by atoms with Crippen molar-refractivity contribution in [1.29, 1.82) is 0 Å². The number of benzene rings is 1. The monoisotopic (exact) mass is 167 g/mol. The molecule has 1 N–H and O–H groups in total. The second-order valence-electron chi connectivity index (χ2n) is 3.01. The van der Waals surface area contributed by atoms with Gasteiger partial charge in [-0.3, -0.25) is 4.39 Å². The molecule has 66 valence electrons. The van der Waals surface area contributed by atoms with Crippen LogP contribution < -0.4 is 5.32 Å². The number of halogens is 1. The molecule has 1 rings (SSSR count). The molecule has 0 saturated carbocycles. The Bertz CT molecular complexity index is 210. The molecule has 0 aliphatic heterocycles. The van der Waals surface area contributed by atoms with Crippen molar-refractivity contribution in [3.05, 3.63) is 30.3 Å². The van der Waals surface area contributed by atoms with Crippen LogP contribution in [0.5, 0.6) is 0 Å². The fraction of sp³-hybridized carbons (Fsp3) is 0.400. The molecule has 1 atom stereocenters. The highest BCUT2D eigenvalue weighted by Crippen LogP contribution is 2.06. The van der Waals surface area contributed by atoms with Crippen molar-refractivity contribution >= 4 is 5.69 Å². The molecule has 0 aliphatic rings. The van der Waals surface area contributed by atoms with Crippen LogP contribution in [0.4, 0.5) is 10.1 Å². The molecule has 0 heterocycles. The summed E-state index contributed by atoms with van der Waals surface area (Å²) in [4.78, 5) is 0. The van der Waals surface area contributed by atoms with Crippen LogP contribution >= 0.6 is 0 Å². The van der Waals surface area contributed by atoms with Crippen LogP contribution in [0.15, 0.2) is 30.3 Å². The quantitative estimate of drug-likeness (QED) is 0.727. The fourth-order valence-corrected chi connectivity index (χ4v) is 0.903. The van der Waals surface area contributed by atoms with Gasteiger partial charge in [0.05, 0.1) is 6.67 Å². The largest absolute Gasteiger partial charge is 0.385 e. The number of rotatable bonds is 4. The summed E-state index contributed by atoms with van der Waals surface area (Å²) < 4.78 is 12.0. The van der Waals surface area contributed by atoms with E-state index in [1.54, 1.807) is 0 Å². The lowest BCUT2D eigenvalue weighted by molar-refractivity contribution is 0.395. The average Bonchev–Trinajstić information content (AvgIpc) is 2.16. The minimum Gasteiger partial charge on any atom is -0.385 e. The summed E-state index contributed by atoms with van der Waals surface area (Å²) in [5.41, 5.74) is 1.05. The molecule has 0 aliphatic carbocycles. The Morgan fingerprint density at radius 3 is 2.58 bits per heavy atom. The van der Waals surface area contributed by atoms with Gasteiger partial charge >= 0.3 is 0 Å². The summed E-state index contributed by atoms with van der Waals surface area (Å²) in [6.07, 6.45) is 0. The van der Waals surface area contributed by atoms with Crippen LogP contribution in [-0.4, -0.2) is 13.2 Å². The van der Waals surface area contributed by atoms with Crippen LogP contribution in [0, 0.1) is 5.92 Å². The third kappa shape index (κ3) is 2.91. The number of nitrogens with one attached hydrogen (secondary N) is 1. The maximum absolute atomic E-state index is 12.0. The first-order valence-electron chi connectivity index (χ1n) is 4.18. The van der Waals surface area contributed by atoms with Crippen LogP contribution in [-0.2, 0) is 0 Å². The zero-order valence-electron chi connectivity index (χ0n) is 7.26. The van der Waals surface area contributed by atoms with E-state index in [9.17, 15) is 4.39 Å². The topological polar surface area (TPSA) is 12.0 Å². The molecule has 0 fully saturated rings. The van der Waals surface area contributed by atoms with E-state index in [1.807, 2.05) is 37.3 Å². The zero-order valence-corrected chi connectivity index (χ0v) is 7.26. The van der Waals surface area contributed by atoms with Gasteiger partial charge in [-0.1, -0.05) is 25.1 Å². The molecule has 0 saturated heterocycles. The molecule has 0 radical (unpaired) electrons. The van der Waals surface area contributed by atoms with Gasteiger partial charge < -0.3 is 5.32 Å². The normalized spacial score (nSPS) is 12.5. The minimum absolute atomic E-state index is 0.0882. The first-order valence-corrected chi connectivity index (χ1v) is 4.18. The summed E-state index contributed by atoms with van der Waals surface area (Å²) in [5.74, 6) is 0.0882. The van der Waals surface area contributed by atoms with Crippen molar-refractivity contribution in [1.82, 2.24) is 0 Å². The molecular formula is C10H14FN. The summed E-state index contributed by atoms with van der Waals surface area (Å²) in [6.45, 7) is 2.32. The predicted molar refractivity (Wildman–Crippen MR) is 50.1 cm³/mol. The number of hydrogen-bond donors (Lipinski definition) is 1. The van der Waals surface area contributed by atoms with Gasteiger partial charge in [0.15, 0.2) is 0 Å². The van der Waals surface area contributed by atoms with E-state index in [-0.39, 0.29) is 12.6 Å². The van der Waals surface area contributed by atoms with Crippen LogP contribution in [0.1, 0.15) is 6.92 Å². The average molecular weight is 167 g/mol. The zero-order chi connectivity index (χ0) is 8.81. The molecule has 0 amide bonds. The first kappa shape index (κ1) is 9.04. The van der Waals surface area contributed by atoms with Gasteiger partial charge in [-0.2, -0.15) is 0 Å². The summed E-state index contributed by atoms with van der Waals surface area (Å²) in [5, 5.41) is 3.16. The maximum Gasteiger partial charge on any atom is 0.0936 e. The lowest BCUT2D eigenvalue weighted by atomic mass is 10.2. The third-order valence-electron chi connectivity index (χ3n) is 1.69. The lowest BCUT2D eigenvalue weighted by Crippen LogP contribution is -2.12. The van der Waals surface area contributed by atoms with Crippen LogP contribution in [0.3, 0.4) is 0 Å². The van der Waals surface area contributed by atoms with Gasteiger partial charge in [-0.15, -0.1) is 0 Å². The third-order valence-corrected chi connectivity index (χ3v) is 1.69. The van der Waals surface area contributed by atoms with Crippen LogP contribution in [0.2, 0.25) is 0 Å². The summed E-state index contributed by atoms with van der Waals surface area (Å²) in [6, 6.07) is 9.84. The van der Waals surface area contributed by atoms with Crippen molar-refractivity contribution in [3.63, 3.8) is 0 Å². The molecule has 1 aromatic rings. The van der Waals surface area contributed by atoms with Crippen molar-refractivity contribution < 1.29 is 4.39 Å². The molecule has 0 spiro atoms. The van der Waals surface area contributed by atoms with Gasteiger partial charge in [0.1, 0.15) is 0 Å². The molecule has 0 aromatic heterocycles. The van der Waals surface area contributed by atoms with Crippen molar-refractivity contribution in [3.8, 4) is 0 Å². The molecule has 1 aromatic carbocycles. The fourth-order valence-electron chi connectivity index (χ4n) is 0.903. The van der Waals surface area contributed by atoms with E-state index in [4.69, 9.17) is 0 Å². The second kappa shape index (κ2) is 4.75. The highest BCUT2D eigenvalue weighted by molar-refractivity contribution is 5.42. The first-order chi connectivity index (χ1) is 5.83. The van der Waals surface area contributed by atoms with Crippen molar-refractivity contribution in [2.45, 2.75) is 6.92 Å². The Kier molecular flexibility index (Phi) is 3.58. The maximum atomic E-state index is 12.0. The molecule has 2 heteroatoms. The Hall–Kier alpha value is -1.05. The lowest BCUT2D eigenvalue weighted by Gasteiger charge is -2.09. The Morgan fingerprint density at radius 2 is 2.00 bits per heavy atom. The second-order valence-corrected chi connectivity index (χ2v) is 3.01. The Labute approximate surface area is 72.6 Å². The van der Waals surface area contributed by atoms with Gasteiger partial charge in [0.25, 0.3) is 0 Å². The van der Waals surface area contributed by atoms with E-state index < -0.39 is 0 Å². The van der Waals surface area contributed by atoms with Crippen molar-refractivity contribution in [2.24, 2.45) is 5.92 Å². The van der Waals surface area contributed by atoms with Crippen molar-refractivity contribution in [2.75, 3.05) is 18.5 Å². The predicted octanol–water partition coefficient (Wildman–Crippen LogP) is 2.70. The number of anilines is 1. The number of hydrogen-bond acceptors (Lipinski definition) is 1. The summed E-state index contributed by atoms with van der Waals surface area (Å²) in [7, 11) is 0. The molecular weight excluding hydrogens is 153 g/mol. The standard InChI is InChI=1S/C10H14FN/c1-9(7-11)8-12-10-5-3-2-4-6-10/h2-6,9,12H,7-8H2,1H3. The molecule has 12 heavy (non-hydrogen) atoms. The SMILES string of the molecule is CC(CF)CNc1ccccc1. The van der Waals surface area contributed by atoms with Gasteiger partial charge in [-0.05, 0) is 12.1 Å². The minimum atomic E-state index is -0.264. The van der Waals surface area contributed by atoms with E-state index in [0.717, 1.165) is 5.69 Å². The van der Waals surface area contributed by atoms with Gasteiger partial charge in [0, 0.05) is 18.2 Å².